The Bertz CT molecular complexity index is 462. The van der Waals surface area contributed by atoms with Crippen LogP contribution < -0.4 is 0 Å². The number of rotatable bonds is 3. The van der Waals surface area contributed by atoms with E-state index in [1.54, 1.807) is 0 Å². The molecule has 1 aromatic carbocycles. The number of hydrogen-bond acceptors (Lipinski definition) is 2. The van der Waals surface area contributed by atoms with Crippen molar-refractivity contribution in [1.29, 1.82) is 0 Å². The fourth-order valence-electron chi connectivity index (χ4n) is 4.48. The number of fused-ring (bicyclic) bond motifs is 1. The summed E-state index contributed by atoms with van der Waals surface area (Å²) in [6, 6.07) is 7.18. The standard InChI is InChI=1S/C19H29NO/c1-14-10-15(2)12-17(11-14)19(21)13-20-9-5-7-16-6-3-4-8-18(16)20/h10-12,16,18-19,21H,3-9,13H2,1-2H3/t16-,18-,19?/m1/s1. The fourth-order valence-corrected chi connectivity index (χ4v) is 4.48. The molecule has 0 aromatic heterocycles. The third-order valence-corrected chi connectivity index (χ3v) is 5.39. The van der Waals surface area contributed by atoms with Gasteiger partial charge in [-0.05, 0) is 57.6 Å². The van der Waals surface area contributed by atoms with E-state index in [1.165, 1.54) is 56.2 Å². The van der Waals surface area contributed by atoms with E-state index in [0.717, 1.165) is 24.1 Å². The van der Waals surface area contributed by atoms with Gasteiger partial charge in [0.15, 0.2) is 0 Å². The van der Waals surface area contributed by atoms with Crippen LogP contribution in [-0.4, -0.2) is 29.1 Å². The van der Waals surface area contributed by atoms with E-state index in [4.69, 9.17) is 0 Å². The first-order valence-corrected chi connectivity index (χ1v) is 8.64. The quantitative estimate of drug-likeness (QED) is 0.908. The van der Waals surface area contributed by atoms with Gasteiger partial charge < -0.3 is 5.11 Å². The van der Waals surface area contributed by atoms with E-state index >= 15 is 0 Å². The Labute approximate surface area is 129 Å². The van der Waals surface area contributed by atoms with Crippen molar-refractivity contribution in [3.05, 3.63) is 34.9 Å². The summed E-state index contributed by atoms with van der Waals surface area (Å²) in [6.07, 6.45) is 7.89. The Morgan fingerprint density at radius 1 is 1.05 bits per heavy atom. The van der Waals surface area contributed by atoms with Crippen molar-refractivity contribution in [3.63, 3.8) is 0 Å². The van der Waals surface area contributed by atoms with E-state index in [-0.39, 0.29) is 6.10 Å². The molecule has 0 spiro atoms. The minimum atomic E-state index is -0.343. The molecule has 21 heavy (non-hydrogen) atoms. The largest absolute Gasteiger partial charge is 0.387 e. The van der Waals surface area contributed by atoms with E-state index in [2.05, 4.69) is 36.9 Å². The number of benzene rings is 1. The number of hydrogen-bond donors (Lipinski definition) is 1. The molecule has 2 heteroatoms. The molecule has 1 heterocycles. The Kier molecular flexibility index (Phi) is 4.66. The van der Waals surface area contributed by atoms with E-state index < -0.39 is 0 Å². The zero-order valence-corrected chi connectivity index (χ0v) is 13.5. The lowest BCUT2D eigenvalue weighted by Crippen LogP contribution is -2.48. The van der Waals surface area contributed by atoms with Gasteiger partial charge in [-0.3, -0.25) is 4.90 Å². The van der Waals surface area contributed by atoms with Gasteiger partial charge in [0.05, 0.1) is 6.10 Å². The zero-order valence-electron chi connectivity index (χ0n) is 13.5. The predicted molar refractivity (Wildman–Crippen MR) is 87.4 cm³/mol. The summed E-state index contributed by atoms with van der Waals surface area (Å²) in [4.78, 5) is 2.58. The smallest absolute Gasteiger partial charge is 0.0917 e. The molecule has 0 bridgehead atoms. The highest BCUT2D eigenvalue weighted by Gasteiger charge is 2.33. The van der Waals surface area contributed by atoms with Crippen LogP contribution in [0.25, 0.3) is 0 Å². The Morgan fingerprint density at radius 3 is 2.48 bits per heavy atom. The third-order valence-electron chi connectivity index (χ3n) is 5.39. The molecule has 0 radical (unpaired) electrons. The normalized spacial score (nSPS) is 28.1. The molecule has 1 N–H and O–H groups in total. The predicted octanol–water partition coefficient (Wildman–Crippen LogP) is 3.99. The Balaban J connectivity index is 1.69. The molecule has 116 valence electrons. The van der Waals surface area contributed by atoms with Crippen LogP contribution >= 0.6 is 0 Å². The van der Waals surface area contributed by atoms with Crippen LogP contribution in [0.2, 0.25) is 0 Å². The summed E-state index contributed by atoms with van der Waals surface area (Å²) in [6.45, 7) is 6.20. The van der Waals surface area contributed by atoms with Crippen LogP contribution in [0.1, 0.15) is 61.3 Å². The summed E-state index contributed by atoms with van der Waals surface area (Å²) in [5, 5.41) is 10.7. The highest BCUT2D eigenvalue weighted by atomic mass is 16.3. The summed E-state index contributed by atoms with van der Waals surface area (Å²) < 4.78 is 0. The molecule has 2 aliphatic rings. The lowest BCUT2D eigenvalue weighted by atomic mass is 9.78. The van der Waals surface area contributed by atoms with Crippen molar-refractivity contribution in [2.75, 3.05) is 13.1 Å². The molecule has 1 saturated heterocycles. The first-order chi connectivity index (χ1) is 10.1. The lowest BCUT2D eigenvalue weighted by Gasteiger charge is -2.44. The van der Waals surface area contributed by atoms with Crippen molar-refractivity contribution in [2.45, 2.75) is 64.5 Å². The van der Waals surface area contributed by atoms with Gasteiger partial charge >= 0.3 is 0 Å². The number of β-amino-alcohol motifs (C(OH)–C–C–N with tert-alkyl or cyclic N) is 1. The molecular weight excluding hydrogens is 258 g/mol. The molecule has 0 amide bonds. The lowest BCUT2D eigenvalue weighted by molar-refractivity contribution is 0.0205. The third kappa shape index (κ3) is 3.49. The second-order valence-corrected chi connectivity index (χ2v) is 7.19. The fraction of sp³-hybridized carbons (Fsp3) is 0.684. The second-order valence-electron chi connectivity index (χ2n) is 7.19. The topological polar surface area (TPSA) is 23.5 Å². The zero-order chi connectivity index (χ0) is 14.8. The van der Waals surface area contributed by atoms with Gasteiger partial charge in [-0.15, -0.1) is 0 Å². The maximum atomic E-state index is 10.7. The van der Waals surface area contributed by atoms with E-state index in [0.29, 0.717) is 0 Å². The second kappa shape index (κ2) is 6.50. The Hall–Kier alpha value is -0.860. The molecule has 1 aliphatic carbocycles. The number of aliphatic hydroxyl groups is 1. The molecule has 1 saturated carbocycles. The monoisotopic (exact) mass is 287 g/mol. The first-order valence-electron chi connectivity index (χ1n) is 8.64. The highest BCUT2D eigenvalue weighted by molar-refractivity contribution is 5.30. The van der Waals surface area contributed by atoms with Crippen molar-refractivity contribution < 1.29 is 5.11 Å². The summed E-state index contributed by atoms with van der Waals surface area (Å²) in [5.74, 6) is 0.888. The van der Waals surface area contributed by atoms with Crippen LogP contribution in [0.15, 0.2) is 18.2 Å². The molecule has 3 atom stereocenters. The number of likely N-dealkylation sites (tertiary alicyclic amines) is 1. The van der Waals surface area contributed by atoms with Gasteiger partial charge in [0.1, 0.15) is 0 Å². The van der Waals surface area contributed by atoms with Gasteiger partial charge in [0, 0.05) is 12.6 Å². The molecular formula is C19H29NO. The maximum absolute atomic E-state index is 10.7. The molecule has 2 nitrogen and oxygen atoms in total. The van der Waals surface area contributed by atoms with Crippen LogP contribution in [0.4, 0.5) is 0 Å². The Morgan fingerprint density at radius 2 is 1.71 bits per heavy atom. The minimum Gasteiger partial charge on any atom is -0.387 e. The van der Waals surface area contributed by atoms with Crippen molar-refractivity contribution in [2.24, 2.45) is 5.92 Å². The van der Waals surface area contributed by atoms with Gasteiger partial charge in [-0.25, -0.2) is 0 Å². The first kappa shape index (κ1) is 15.1. The van der Waals surface area contributed by atoms with Gasteiger partial charge in [-0.1, -0.05) is 42.2 Å². The summed E-state index contributed by atoms with van der Waals surface area (Å²) in [7, 11) is 0. The van der Waals surface area contributed by atoms with E-state index in [1.807, 2.05) is 0 Å². The van der Waals surface area contributed by atoms with Crippen LogP contribution in [0.3, 0.4) is 0 Å². The van der Waals surface area contributed by atoms with Gasteiger partial charge in [-0.2, -0.15) is 0 Å². The van der Waals surface area contributed by atoms with Crippen molar-refractivity contribution in [1.82, 2.24) is 4.90 Å². The van der Waals surface area contributed by atoms with Gasteiger partial charge in [0.25, 0.3) is 0 Å². The minimum absolute atomic E-state index is 0.343. The maximum Gasteiger partial charge on any atom is 0.0917 e. The summed E-state index contributed by atoms with van der Waals surface area (Å²) in [5.41, 5.74) is 3.59. The van der Waals surface area contributed by atoms with Gasteiger partial charge in [0.2, 0.25) is 0 Å². The van der Waals surface area contributed by atoms with E-state index in [9.17, 15) is 5.11 Å². The number of piperidine rings is 1. The van der Waals surface area contributed by atoms with Crippen molar-refractivity contribution in [3.8, 4) is 0 Å². The van der Waals surface area contributed by atoms with Crippen molar-refractivity contribution >= 4 is 0 Å². The van der Waals surface area contributed by atoms with Crippen LogP contribution in [0.5, 0.6) is 0 Å². The number of aliphatic hydroxyl groups excluding tert-OH is 1. The van der Waals surface area contributed by atoms with Crippen LogP contribution in [-0.2, 0) is 0 Å². The molecule has 1 unspecified atom stereocenters. The molecule has 2 fully saturated rings. The molecule has 1 aromatic rings. The SMILES string of the molecule is Cc1cc(C)cc(C(O)CN2CCC[C@H]3CCCC[C@H]32)c1. The molecule has 1 aliphatic heterocycles. The number of nitrogens with zero attached hydrogens (tertiary/aromatic N) is 1. The average Bonchev–Trinajstić information content (AvgIpc) is 2.46. The highest BCUT2D eigenvalue weighted by Crippen LogP contribution is 2.36. The summed E-state index contributed by atoms with van der Waals surface area (Å²) >= 11 is 0. The van der Waals surface area contributed by atoms with Crippen LogP contribution in [0, 0.1) is 19.8 Å². The average molecular weight is 287 g/mol. The molecule has 3 rings (SSSR count). The number of aryl methyl sites for hydroxylation is 2.